The third-order valence-electron chi connectivity index (χ3n) is 2.19. The summed E-state index contributed by atoms with van der Waals surface area (Å²) in [5, 5.41) is 8.91. The topological polar surface area (TPSA) is 20.2 Å². The molecule has 90 valence electrons. The Balaban J connectivity index is 2.84. The van der Waals surface area contributed by atoms with Gasteiger partial charge in [0.05, 0.1) is 5.60 Å². The van der Waals surface area contributed by atoms with Crippen LogP contribution in [0.15, 0.2) is 0 Å². The number of alkyl halides is 7. The Kier molecular flexibility index (Phi) is 2.50. The Morgan fingerprint density at radius 2 is 1.33 bits per heavy atom. The lowest BCUT2D eigenvalue weighted by atomic mass is 10.0. The van der Waals surface area contributed by atoms with Gasteiger partial charge in [0.1, 0.15) is 0 Å². The summed E-state index contributed by atoms with van der Waals surface area (Å²) < 4.78 is 84.6. The van der Waals surface area contributed by atoms with Crippen LogP contribution in [0, 0.1) is 0 Å². The van der Waals surface area contributed by atoms with Crippen molar-refractivity contribution in [2.24, 2.45) is 0 Å². The number of halogens is 7. The molecule has 0 saturated heterocycles. The predicted octanol–water partition coefficient (Wildman–Crippen LogP) is 2.73. The molecule has 1 aliphatic rings. The molecule has 0 atom stereocenters. The monoisotopic (exact) mass is 240 g/mol. The zero-order valence-electron chi connectivity index (χ0n) is 7.21. The van der Waals surface area contributed by atoms with Crippen LogP contribution in [0.5, 0.6) is 0 Å². The SMILES string of the molecule is OC1(CC(F)(F)C(F)(F)C(F)(F)F)CC1. The van der Waals surface area contributed by atoms with Gasteiger partial charge < -0.3 is 5.11 Å². The van der Waals surface area contributed by atoms with E-state index in [1.807, 2.05) is 0 Å². The summed E-state index contributed by atoms with van der Waals surface area (Å²) >= 11 is 0. The van der Waals surface area contributed by atoms with E-state index in [4.69, 9.17) is 5.11 Å². The van der Waals surface area contributed by atoms with Gasteiger partial charge in [-0.25, -0.2) is 0 Å². The first-order valence-corrected chi connectivity index (χ1v) is 3.96. The molecule has 0 radical (unpaired) electrons. The first kappa shape index (κ1) is 12.5. The minimum absolute atomic E-state index is 0.184. The number of hydrogen-bond donors (Lipinski definition) is 1. The third-order valence-corrected chi connectivity index (χ3v) is 2.19. The zero-order chi connectivity index (χ0) is 12.1. The van der Waals surface area contributed by atoms with Gasteiger partial charge in [0.15, 0.2) is 0 Å². The van der Waals surface area contributed by atoms with Crippen LogP contribution in [0.25, 0.3) is 0 Å². The van der Waals surface area contributed by atoms with E-state index in [-0.39, 0.29) is 12.8 Å². The van der Waals surface area contributed by atoms with Crippen LogP contribution in [-0.2, 0) is 0 Å². The highest BCUT2D eigenvalue weighted by atomic mass is 19.4. The molecule has 0 aliphatic heterocycles. The van der Waals surface area contributed by atoms with E-state index in [2.05, 4.69) is 0 Å². The van der Waals surface area contributed by atoms with Crippen molar-refractivity contribution in [3.63, 3.8) is 0 Å². The van der Waals surface area contributed by atoms with Crippen LogP contribution in [0.1, 0.15) is 19.3 Å². The Morgan fingerprint density at radius 1 is 0.933 bits per heavy atom. The summed E-state index contributed by atoms with van der Waals surface area (Å²) in [5.74, 6) is -11.4. The molecule has 0 aromatic heterocycles. The van der Waals surface area contributed by atoms with E-state index < -0.39 is 30.0 Å². The van der Waals surface area contributed by atoms with Crippen molar-refractivity contribution >= 4 is 0 Å². The van der Waals surface area contributed by atoms with Gasteiger partial charge in [-0.3, -0.25) is 0 Å². The smallest absolute Gasteiger partial charge is 0.390 e. The van der Waals surface area contributed by atoms with Crippen molar-refractivity contribution in [3.8, 4) is 0 Å². The fourth-order valence-corrected chi connectivity index (χ4v) is 1.05. The van der Waals surface area contributed by atoms with E-state index in [0.29, 0.717) is 0 Å². The quantitative estimate of drug-likeness (QED) is 0.752. The number of aliphatic hydroxyl groups is 1. The maximum absolute atomic E-state index is 12.6. The third kappa shape index (κ3) is 2.19. The van der Waals surface area contributed by atoms with Crippen LogP contribution in [0.3, 0.4) is 0 Å². The Hall–Kier alpha value is -0.530. The van der Waals surface area contributed by atoms with Gasteiger partial charge in [0.25, 0.3) is 0 Å². The Labute approximate surface area is 79.9 Å². The van der Waals surface area contributed by atoms with Gasteiger partial charge in [-0.2, -0.15) is 30.7 Å². The van der Waals surface area contributed by atoms with Crippen LogP contribution in [0.2, 0.25) is 0 Å². The molecule has 0 aromatic rings. The summed E-state index contributed by atoms with van der Waals surface area (Å²) in [5.41, 5.74) is -2.07. The Bertz CT molecular complexity index is 253. The normalized spacial score (nSPS) is 21.6. The summed E-state index contributed by atoms with van der Waals surface area (Å²) in [6.07, 6.45) is -8.55. The minimum atomic E-state index is -6.32. The van der Waals surface area contributed by atoms with E-state index in [0.717, 1.165) is 0 Å². The van der Waals surface area contributed by atoms with Crippen LogP contribution < -0.4 is 0 Å². The van der Waals surface area contributed by atoms with Crippen molar-refractivity contribution in [1.82, 2.24) is 0 Å². The van der Waals surface area contributed by atoms with Gasteiger partial charge in [-0.05, 0) is 12.8 Å². The molecule has 1 rings (SSSR count). The first-order chi connectivity index (χ1) is 6.41. The highest BCUT2D eigenvalue weighted by Crippen LogP contribution is 2.53. The van der Waals surface area contributed by atoms with E-state index in [1.165, 1.54) is 0 Å². The van der Waals surface area contributed by atoms with Gasteiger partial charge in [0.2, 0.25) is 0 Å². The lowest BCUT2D eigenvalue weighted by molar-refractivity contribution is -0.359. The maximum atomic E-state index is 12.6. The van der Waals surface area contributed by atoms with Crippen molar-refractivity contribution in [3.05, 3.63) is 0 Å². The summed E-state index contributed by atoms with van der Waals surface area (Å²) in [6.45, 7) is 0. The molecular weight excluding hydrogens is 233 g/mol. The summed E-state index contributed by atoms with van der Waals surface area (Å²) in [6, 6.07) is 0. The molecule has 0 amide bonds. The molecule has 1 saturated carbocycles. The molecule has 1 fully saturated rings. The molecule has 8 heteroatoms. The van der Waals surface area contributed by atoms with Crippen molar-refractivity contribution in [2.75, 3.05) is 0 Å². The highest BCUT2D eigenvalue weighted by Gasteiger charge is 2.74. The average Bonchev–Trinajstić information content (AvgIpc) is 2.63. The molecule has 15 heavy (non-hydrogen) atoms. The van der Waals surface area contributed by atoms with Crippen molar-refractivity contribution < 1.29 is 35.8 Å². The second kappa shape index (κ2) is 2.99. The first-order valence-electron chi connectivity index (χ1n) is 3.96. The lowest BCUT2D eigenvalue weighted by Gasteiger charge is -2.29. The molecule has 0 bridgehead atoms. The highest BCUT2D eigenvalue weighted by molar-refractivity contribution is 5.02. The molecule has 1 aliphatic carbocycles. The number of hydrogen-bond acceptors (Lipinski definition) is 1. The summed E-state index contributed by atoms with van der Waals surface area (Å²) in [4.78, 5) is 0. The van der Waals surface area contributed by atoms with Crippen LogP contribution in [-0.4, -0.2) is 28.7 Å². The van der Waals surface area contributed by atoms with Gasteiger partial charge >= 0.3 is 18.0 Å². The van der Waals surface area contributed by atoms with E-state index in [1.54, 1.807) is 0 Å². The van der Waals surface area contributed by atoms with Gasteiger partial charge in [-0.1, -0.05) is 0 Å². The molecule has 1 N–H and O–H groups in total. The number of rotatable bonds is 3. The van der Waals surface area contributed by atoms with Gasteiger partial charge in [-0.15, -0.1) is 0 Å². The largest absolute Gasteiger partial charge is 0.459 e. The second-order valence-corrected chi connectivity index (χ2v) is 3.68. The van der Waals surface area contributed by atoms with E-state index >= 15 is 0 Å². The molecule has 1 nitrogen and oxygen atoms in total. The van der Waals surface area contributed by atoms with Gasteiger partial charge in [0, 0.05) is 6.42 Å². The fraction of sp³-hybridized carbons (Fsp3) is 1.00. The van der Waals surface area contributed by atoms with Crippen molar-refractivity contribution in [2.45, 2.75) is 42.9 Å². The Morgan fingerprint density at radius 3 is 1.60 bits per heavy atom. The van der Waals surface area contributed by atoms with E-state index in [9.17, 15) is 30.7 Å². The standard InChI is InChI=1S/C7H7F7O/c8-5(9,3-4(15)1-2-4)6(10,11)7(12,13)14/h15H,1-3H2. The average molecular weight is 240 g/mol. The van der Waals surface area contributed by atoms with Crippen LogP contribution >= 0.6 is 0 Å². The fourth-order valence-electron chi connectivity index (χ4n) is 1.05. The molecule has 0 unspecified atom stereocenters. The molecule has 0 aromatic carbocycles. The minimum Gasteiger partial charge on any atom is -0.390 e. The zero-order valence-corrected chi connectivity index (χ0v) is 7.21. The molecule has 0 heterocycles. The predicted molar refractivity (Wildman–Crippen MR) is 34.7 cm³/mol. The summed E-state index contributed by atoms with van der Waals surface area (Å²) in [7, 11) is 0. The van der Waals surface area contributed by atoms with Crippen molar-refractivity contribution in [1.29, 1.82) is 0 Å². The van der Waals surface area contributed by atoms with Crippen LogP contribution in [0.4, 0.5) is 30.7 Å². The maximum Gasteiger partial charge on any atom is 0.459 e. The second-order valence-electron chi connectivity index (χ2n) is 3.68. The molecular formula is C7H7F7O. The molecule has 0 spiro atoms. The lowest BCUT2D eigenvalue weighted by Crippen LogP contribution is -2.53.